The molecule has 0 aromatic carbocycles. The van der Waals surface area contributed by atoms with E-state index in [-0.39, 0.29) is 12.6 Å². The molecule has 0 spiro atoms. The van der Waals surface area contributed by atoms with E-state index in [1.165, 1.54) is 25.7 Å². The average molecular weight is 214 g/mol. The highest BCUT2D eigenvalue weighted by Crippen LogP contribution is 2.28. The molecule has 15 heavy (non-hydrogen) atoms. The second kappa shape index (κ2) is 6.83. The molecule has 0 aromatic rings. The third-order valence-corrected chi connectivity index (χ3v) is 3.14. The number of carbonyl (C=O) groups is 1. The quantitative estimate of drug-likeness (QED) is 0.690. The van der Waals surface area contributed by atoms with Crippen molar-refractivity contribution < 1.29 is 14.6 Å². The number of aliphatic hydroxyl groups is 1. The fourth-order valence-electron chi connectivity index (χ4n) is 2.00. The van der Waals surface area contributed by atoms with Crippen LogP contribution < -0.4 is 0 Å². The molecule has 0 saturated heterocycles. The van der Waals surface area contributed by atoms with Gasteiger partial charge in [0.1, 0.15) is 6.61 Å². The topological polar surface area (TPSA) is 46.5 Å². The Bertz CT molecular complexity index is 185. The van der Waals surface area contributed by atoms with Gasteiger partial charge in [0.25, 0.3) is 0 Å². The van der Waals surface area contributed by atoms with Gasteiger partial charge in [0, 0.05) is 6.42 Å². The van der Waals surface area contributed by atoms with E-state index in [1.807, 2.05) is 6.92 Å². The number of ether oxygens (including phenoxy) is 1. The summed E-state index contributed by atoms with van der Waals surface area (Å²) < 4.78 is 4.97. The Labute approximate surface area is 91.8 Å². The molecule has 3 nitrogen and oxygen atoms in total. The zero-order valence-corrected chi connectivity index (χ0v) is 9.58. The maximum absolute atomic E-state index is 11.3. The number of hydrogen-bond acceptors (Lipinski definition) is 3. The molecule has 0 radical (unpaired) electrons. The summed E-state index contributed by atoms with van der Waals surface area (Å²) in [6, 6.07) is 0. The molecule has 88 valence electrons. The lowest BCUT2D eigenvalue weighted by Gasteiger charge is -2.10. The largest absolute Gasteiger partial charge is 0.463 e. The van der Waals surface area contributed by atoms with Crippen molar-refractivity contribution in [2.24, 2.45) is 5.92 Å². The van der Waals surface area contributed by atoms with Gasteiger partial charge in [-0.25, -0.2) is 0 Å². The van der Waals surface area contributed by atoms with Gasteiger partial charge in [-0.2, -0.15) is 0 Å². The van der Waals surface area contributed by atoms with Crippen molar-refractivity contribution >= 4 is 5.97 Å². The van der Waals surface area contributed by atoms with Crippen LogP contribution in [0.3, 0.4) is 0 Å². The van der Waals surface area contributed by atoms with Gasteiger partial charge in [0.15, 0.2) is 0 Å². The summed E-state index contributed by atoms with van der Waals surface area (Å²) in [5, 5.41) is 9.21. The Morgan fingerprint density at radius 2 is 2.13 bits per heavy atom. The van der Waals surface area contributed by atoms with Crippen LogP contribution >= 0.6 is 0 Å². The monoisotopic (exact) mass is 214 g/mol. The molecular weight excluding hydrogens is 192 g/mol. The second-order valence-corrected chi connectivity index (χ2v) is 4.43. The van der Waals surface area contributed by atoms with E-state index in [2.05, 4.69) is 0 Å². The van der Waals surface area contributed by atoms with Crippen LogP contribution in [0.4, 0.5) is 0 Å². The number of aliphatic hydroxyl groups excluding tert-OH is 1. The van der Waals surface area contributed by atoms with Crippen molar-refractivity contribution in [1.82, 2.24) is 0 Å². The van der Waals surface area contributed by atoms with Gasteiger partial charge >= 0.3 is 5.97 Å². The molecule has 1 aliphatic carbocycles. The number of hydrogen-bond donors (Lipinski definition) is 1. The second-order valence-electron chi connectivity index (χ2n) is 4.43. The maximum atomic E-state index is 11.3. The molecule has 3 heteroatoms. The Hall–Kier alpha value is -0.570. The van der Waals surface area contributed by atoms with Crippen molar-refractivity contribution in [2.45, 2.75) is 58.0 Å². The minimum Gasteiger partial charge on any atom is -0.463 e. The van der Waals surface area contributed by atoms with Crippen molar-refractivity contribution in [3.63, 3.8) is 0 Å². The highest BCUT2D eigenvalue weighted by atomic mass is 16.5. The summed E-state index contributed by atoms with van der Waals surface area (Å²) >= 11 is 0. The van der Waals surface area contributed by atoms with Crippen LogP contribution in [0.15, 0.2) is 0 Å². The first-order valence-electron chi connectivity index (χ1n) is 6.06. The summed E-state index contributed by atoms with van der Waals surface area (Å²) in [6.07, 6.45) is 6.77. The number of esters is 1. The average Bonchev–Trinajstić information content (AvgIpc) is 2.75. The van der Waals surface area contributed by atoms with E-state index < -0.39 is 6.10 Å². The van der Waals surface area contributed by atoms with Crippen molar-refractivity contribution in [3.05, 3.63) is 0 Å². The van der Waals surface area contributed by atoms with E-state index in [0.717, 1.165) is 12.3 Å². The standard InChI is InChI=1S/C12H22O3/c1-2-11(13)9-15-12(14)8-7-10-5-3-4-6-10/h10-11,13H,2-9H2,1H3. The molecule has 1 unspecified atom stereocenters. The van der Waals surface area contributed by atoms with E-state index in [4.69, 9.17) is 4.74 Å². The summed E-state index contributed by atoms with van der Waals surface area (Å²) in [6.45, 7) is 2.02. The zero-order chi connectivity index (χ0) is 11.1. The van der Waals surface area contributed by atoms with Crippen LogP contribution in [0.1, 0.15) is 51.9 Å². The molecule has 1 atom stereocenters. The number of carbonyl (C=O) groups excluding carboxylic acids is 1. The van der Waals surface area contributed by atoms with Crippen LogP contribution in [0, 0.1) is 5.92 Å². The first-order chi connectivity index (χ1) is 7.22. The predicted molar refractivity (Wildman–Crippen MR) is 58.4 cm³/mol. The Kier molecular flexibility index (Phi) is 5.69. The third kappa shape index (κ3) is 5.17. The lowest BCUT2D eigenvalue weighted by Crippen LogP contribution is -2.17. The van der Waals surface area contributed by atoms with Crippen molar-refractivity contribution in [3.8, 4) is 0 Å². The van der Waals surface area contributed by atoms with Crippen LogP contribution in [-0.4, -0.2) is 23.8 Å². The van der Waals surface area contributed by atoms with Crippen LogP contribution in [-0.2, 0) is 9.53 Å². The fourth-order valence-corrected chi connectivity index (χ4v) is 2.00. The molecule has 0 bridgehead atoms. The third-order valence-electron chi connectivity index (χ3n) is 3.14. The van der Waals surface area contributed by atoms with Crippen LogP contribution in [0.2, 0.25) is 0 Å². The lowest BCUT2D eigenvalue weighted by molar-refractivity contribution is -0.147. The summed E-state index contributed by atoms with van der Waals surface area (Å²) in [7, 11) is 0. The minimum absolute atomic E-state index is 0.153. The zero-order valence-electron chi connectivity index (χ0n) is 9.58. The molecule has 0 heterocycles. The molecule has 1 aliphatic rings. The van der Waals surface area contributed by atoms with E-state index in [1.54, 1.807) is 0 Å². The van der Waals surface area contributed by atoms with Gasteiger partial charge in [-0.1, -0.05) is 32.6 Å². The summed E-state index contributed by atoms with van der Waals surface area (Å²) in [5.74, 6) is 0.572. The minimum atomic E-state index is -0.500. The van der Waals surface area contributed by atoms with E-state index >= 15 is 0 Å². The summed E-state index contributed by atoms with van der Waals surface area (Å²) in [5.41, 5.74) is 0. The first kappa shape index (κ1) is 12.5. The Morgan fingerprint density at radius 1 is 1.47 bits per heavy atom. The fraction of sp³-hybridized carbons (Fsp3) is 0.917. The SMILES string of the molecule is CCC(O)COC(=O)CCC1CCCC1. The van der Waals surface area contributed by atoms with E-state index in [0.29, 0.717) is 12.8 Å². The molecule has 1 N–H and O–H groups in total. The normalized spacial score (nSPS) is 19.1. The number of rotatable bonds is 6. The van der Waals surface area contributed by atoms with Gasteiger partial charge in [-0.15, -0.1) is 0 Å². The Morgan fingerprint density at radius 3 is 2.73 bits per heavy atom. The highest BCUT2D eigenvalue weighted by Gasteiger charge is 2.16. The molecule has 1 fully saturated rings. The predicted octanol–water partition coefficient (Wildman–Crippen LogP) is 2.27. The van der Waals surface area contributed by atoms with E-state index in [9.17, 15) is 9.90 Å². The maximum Gasteiger partial charge on any atom is 0.305 e. The highest BCUT2D eigenvalue weighted by molar-refractivity contribution is 5.69. The van der Waals surface area contributed by atoms with Crippen LogP contribution in [0.5, 0.6) is 0 Å². The molecule has 0 aromatic heterocycles. The molecule has 1 saturated carbocycles. The molecular formula is C12H22O3. The van der Waals surface area contributed by atoms with Gasteiger partial charge < -0.3 is 9.84 Å². The van der Waals surface area contributed by atoms with Gasteiger partial charge in [-0.3, -0.25) is 4.79 Å². The van der Waals surface area contributed by atoms with Gasteiger partial charge in [0.2, 0.25) is 0 Å². The van der Waals surface area contributed by atoms with Gasteiger partial charge in [0.05, 0.1) is 6.10 Å². The lowest BCUT2D eigenvalue weighted by atomic mass is 10.0. The first-order valence-corrected chi connectivity index (χ1v) is 6.06. The Balaban J connectivity index is 2.02. The smallest absolute Gasteiger partial charge is 0.305 e. The van der Waals surface area contributed by atoms with Gasteiger partial charge in [-0.05, 0) is 18.8 Å². The van der Waals surface area contributed by atoms with Crippen molar-refractivity contribution in [2.75, 3.05) is 6.61 Å². The molecule has 1 rings (SSSR count). The molecule has 0 aliphatic heterocycles. The van der Waals surface area contributed by atoms with Crippen LogP contribution in [0.25, 0.3) is 0 Å². The van der Waals surface area contributed by atoms with Crippen molar-refractivity contribution in [1.29, 1.82) is 0 Å². The summed E-state index contributed by atoms with van der Waals surface area (Å²) in [4.78, 5) is 11.3. The molecule has 0 amide bonds.